The molecular weight excluding hydrogens is 357 g/mol. The van der Waals surface area contributed by atoms with Gasteiger partial charge in [0.15, 0.2) is 5.82 Å². The van der Waals surface area contributed by atoms with Crippen LogP contribution in [0.5, 0.6) is 0 Å². The van der Waals surface area contributed by atoms with E-state index in [1.165, 1.54) is 6.20 Å². The molecule has 0 atom stereocenters. The minimum absolute atomic E-state index is 0.188. The number of hydrogen-bond acceptors (Lipinski definition) is 4. The molecule has 2 aromatic heterocycles. The summed E-state index contributed by atoms with van der Waals surface area (Å²) in [5.74, 6) is 0.401. The lowest BCUT2D eigenvalue weighted by atomic mass is 10.1. The van der Waals surface area contributed by atoms with Crippen LogP contribution in [0.3, 0.4) is 0 Å². The molecule has 2 N–H and O–H groups in total. The van der Waals surface area contributed by atoms with E-state index >= 15 is 0 Å². The molecule has 3 aromatic rings. The quantitative estimate of drug-likeness (QED) is 0.679. The second-order valence-electron chi connectivity index (χ2n) is 3.80. The summed E-state index contributed by atoms with van der Waals surface area (Å²) in [5, 5.41) is 10.1. The third kappa shape index (κ3) is 2.28. The molecule has 0 bridgehead atoms. The van der Waals surface area contributed by atoms with Crippen molar-refractivity contribution in [3.05, 3.63) is 50.5 Å². The Morgan fingerprint density at radius 2 is 1.95 bits per heavy atom. The van der Waals surface area contributed by atoms with Crippen LogP contribution in [0, 0.1) is 3.57 Å². The maximum absolute atomic E-state index is 12.0. The minimum atomic E-state index is -0.188. The van der Waals surface area contributed by atoms with Gasteiger partial charge in [-0.1, -0.05) is 30.3 Å². The SMILES string of the molecule is O=c1[nH]c(-c2cn[nH]n2)nc(-c2ccccc2)c1I. The van der Waals surface area contributed by atoms with Crippen LogP contribution in [0.2, 0.25) is 0 Å². The predicted octanol–water partition coefficient (Wildman–Crippen LogP) is 1.83. The minimum Gasteiger partial charge on any atom is -0.304 e. The van der Waals surface area contributed by atoms with Crippen molar-refractivity contribution in [1.82, 2.24) is 25.4 Å². The van der Waals surface area contributed by atoms with Gasteiger partial charge in [-0.2, -0.15) is 15.4 Å². The van der Waals surface area contributed by atoms with Crippen molar-refractivity contribution in [3.63, 3.8) is 0 Å². The molecule has 0 aliphatic carbocycles. The first-order valence-corrected chi connectivity index (χ1v) is 6.55. The van der Waals surface area contributed by atoms with Gasteiger partial charge in [0.05, 0.1) is 11.9 Å². The summed E-state index contributed by atoms with van der Waals surface area (Å²) >= 11 is 1.99. The van der Waals surface area contributed by atoms with E-state index in [2.05, 4.69) is 25.4 Å². The smallest absolute Gasteiger partial charge is 0.265 e. The lowest BCUT2D eigenvalue weighted by Crippen LogP contribution is -2.14. The Bertz CT molecular complexity index is 752. The Balaban J connectivity index is 2.23. The van der Waals surface area contributed by atoms with Gasteiger partial charge in [0, 0.05) is 5.56 Å². The lowest BCUT2D eigenvalue weighted by Gasteiger charge is -2.05. The molecule has 0 radical (unpaired) electrons. The van der Waals surface area contributed by atoms with Crippen LogP contribution in [0.1, 0.15) is 0 Å². The second-order valence-corrected chi connectivity index (χ2v) is 4.88. The van der Waals surface area contributed by atoms with E-state index in [9.17, 15) is 4.79 Å². The number of halogens is 1. The summed E-state index contributed by atoms with van der Waals surface area (Å²) in [6.45, 7) is 0. The van der Waals surface area contributed by atoms with Gasteiger partial charge in [0.1, 0.15) is 9.26 Å². The Hall–Kier alpha value is -2.03. The maximum atomic E-state index is 12.0. The number of benzene rings is 1. The zero-order chi connectivity index (χ0) is 13.2. The van der Waals surface area contributed by atoms with Crippen molar-refractivity contribution in [1.29, 1.82) is 0 Å². The highest BCUT2D eigenvalue weighted by molar-refractivity contribution is 14.1. The molecule has 0 unspecified atom stereocenters. The Kier molecular flexibility index (Phi) is 3.11. The highest BCUT2D eigenvalue weighted by Gasteiger charge is 2.13. The van der Waals surface area contributed by atoms with Crippen molar-refractivity contribution in [2.24, 2.45) is 0 Å². The Morgan fingerprint density at radius 3 is 2.63 bits per heavy atom. The zero-order valence-corrected chi connectivity index (χ0v) is 11.7. The summed E-state index contributed by atoms with van der Waals surface area (Å²) in [5.41, 5.74) is 1.85. The molecule has 94 valence electrons. The number of aromatic nitrogens is 5. The monoisotopic (exact) mass is 365 g/mol. The molecule has 6 nitrogen and oxygen atoms in total. The third-order valence-electron chi connectivity index (χ3n) is 2.57. The third-order valence-corrected chi connectivity index (χ3v) is 3.57. The highest BCUT2D eigenvalue weighted by atomic mass is 127. The molecule has 0 aliphatic heterocycles. The number of aromatic amines is 2. The van der Waals surface area contributed by atoms with E-state index in [1.807, 2.05) is 52.9 Å². The molecule has 3 rings (SSSR count). The summed E-state index contributed by atoms with van der Waals surface area (Å²) in [6.07, 6.45) is 1.51. The van der Waals surface area contributed by atoms with E-state index in [0.29, 0.717) is 20.8 Å². The van der Waals surface area contributed by atoms with Crippen LogP contribution in [0.15, 0.2) is 41.3 Å². The van der Waals surface area contributed by atoms with Crippen molar-refractivity contribution < 1.29 is 0 Å². The van der Waals surface area contributed by atoms with E-state index in [1.54, 1.807) is 0 Å². The fourth-order valence-electron chi connectivity index (χ4n) is 1.68. The van der Waals surface area contributed by atoms with Gasteiger partial charge in [-0.15, -0.1) is 0 Å². The van der Waals surface area contributed by atoms with Crippen molar-refractivity contribution in [2.75, 3.05) is 0 Å². The molecule has 0 saturated heterocycles. The van der Waals surface area contributed by atoms with Gasteiger partial charge in [-0.3, -0.25) is 4.79 Å². The van der Waals surface area contributed by atoms with Crippen LogP contribution >= 0.6 is 22.6 Å². The summed E-state index contributed by atoms with van der Waals surface area (Å²) in [4.78, 5) is 19.1. The van der Waals surface area contributed by atoms with E-state index in [0.717, 1.165) is 5.56 Å². The largest absolute Gasteiger partial charge is 0.304 e. The first kappa shape index (κ1) is 12.0. The lowest BCUT2D eigenvalue weighted by molar-refractivity contribution is 0.937. The normalized spacial score (nSPS) is 10.6. The topological polar surface area (TPSA) is 87.3 Å². The zero-order valence-electron chi connectivity index (χ0n) is 9.59. The number of nitrogens with zero attached hydrogens (tertiary/aromatic N) is 3. The number of nitrogens with one attached hydrogen (secondary N) is 2. The average Bonchev–Trinajstić information content (AvgIpc) is 2.97. The van der Waals surface area contributed by atoms with Crippen LogP contribution in [-0.4, -0.2) is 25.4 Å². The summed E-state index contributed by atoms with van der Waals surface area (Å²) in [6, 6.07) is 9.56. The molecule has 0 spiro atoms. The van der Waals surface area contributed by atoms with Gasteiger partial charge in [-0.05, 0) is 22.6 Å². The van der Waals surface area contributed by atoms with Gasteiger partial charge in [0.25, 0.3) is 5.56 Å². The molecule has 1 aromatic carbocycles. The predicted molar refractivity (Wildman–Crippen MR) is 78.4 cm³/mol. The van der Waals surface area contributed by atoms with E-state index in [4.69, 9.17) is 0 Å². The molecule has 0 aliphatic rings. The molecule has 19 heavy (non-hydrogen) atoms. The van der Waals surface area contributed by atoms with Crippen LogP contribution in [0.25, 0.3) is 22.8 Å². The molecule has 0 saturated carbocycles. The van der Waals surface area contributed by atoms with E-state index < -0.39 is 0 Å². The molecular formula is C12H8IN5O. The van der Waals surface area contributed by atoms with E-state index in [-0.39, 0.29) is 5.56 Å². The highest BCUT2D eigenvalue weighted by Crippen LogP contribution is 2.22. The van der Waals surface area contributed by atoms with Crippen LogP contribution in [-0.2, 0) is 0 Å². The molecule has 0 amide bonds. The molecule has 2 heterocycles. The standard InChI is InChI=1S/C12H8IN5O/c13-9-10(7-4-2-1-3-5-7)15-11(16-12(9)19)8-6-14-18-17-8/h1-6H,(H,14,17,18)(H,15,16,19). The van der Waals surface area contributed by atoms with Crippen molar-refractivity contribution in [2.45, 2.75) is 0 Å². The molecule has 7 heteroatoms. The fraction of sp³-hybridized carbons (Fsp3) is 0. The number of hydrogen-bond donors (Lipinski definition) is 2. The van der Waals surface area contributed by atoms with Gasteiger partial charge >= 0.3 is 0 Å². The Labute approximate surface area is 121 Å². The Morgan fingerprint density at radius 1 is 1.16 bits per heavy atom. The summed E-state index contributed by atoms with van der Waals surface area (Å²) in [7, 11) is 0. The second kappa shape index (κ2) is 4.92. The summed E-state index contributed by atoms with van der Waals surface area (Å²) < 4.78 is 0.552. The molecule has 0 fully saturated rings. The van der Waals surface area contributed by atoms with Crippen LogP contribution in [0.4, 0.5) is 0 Å². The maximum Gasteiger partial charge on any atom is 0.265 e. The van der Waals surface area contributed by atoms with Crippen molar-refractivity contribution in [3.8, 4) is 22.8 Å². The van der Waals surface area contributed by atoms with Crippen LogP contribution < -0.4 is 5.56 Å². The average molecular weight is 365 g/mol. The van der Waals surface area contributed by atoms with Gasteiger partial charge < -0.3 is 4.98 Å². The van der Waals surface area contributed by atoms with Gasteiger partial charge in [-0.25, -0.2) is 4.98 Å². The van der Waals surface area contributed by atoms with Crippen molar-refractivity contribution >= 4 is 22.6 Å². The number of H-pyrrole nitrogens is 2. The fourth-order valence-corrected chi connectivity index (χ4v) is 2.25. The first-order chi connectivity index (χ1) is 9.25. The number of rotatable bonds is 2. The first-order valence-electron chi connectivity index (χ1n) is 5.47. The van der Waals surface area contributed by atoms with Gasteiger partial charge in [0.2, 0.25) is 0 Å².